The quantitative estimate of drug-likeness (QED) is 0.723. The van der Waals surface area contributed by atoms with Gasteiger partial charge < -0.3 is 24.6 Å². The van der Waals surface area contributed by atoms with Crippen LogP contribution in [0.5, 0.6) is 0 Å². The maximum absolute atomic E-state index is 12.1. The highest BCUT2D eigenvalue weighted by Crippen LogP contribution is 2.15. The Hall–Kier alpha value is -0.850. The summed E-state index contributed by atoms with van der Waals surface area (Å²) in [5, 5.41) is 3.47. The van der Waals surface area contributed by atoms with E-state index in [1.165, 1.54) is 0 Å². The van der Waals surface area contributed by atoms with Gasteiger partial charge in [-0.2, -0.15) is 0 Å². The topological polar surface area (TPSA) is 54.0 Å². The highest BCUT2D eigenvalue weighted by molar-refractivity contribution is 5.68. The summed E-state index contributed by atoms with van der Waals surface area (Å²) in [5.74, 6) is 0. The molecule has 1 saturated heterocycles. The van der Waals surface area contributed by atoms with Crippen LogP contribution in [0.3, 0.4) is 0 Å². The van der Waals surface area contributed by atoms with E-state index in [2.05, 4.69) is 10.2 Å². The molecule has 1 unspecified atom stereocenters. The van der Waals surface area contributed by atoms with Crippen molar-refractivity contribution in [3.63, 3.8) is 0 Å². The average molecular weight is 315 g/mol. The number of nitrogens with one attached hydrogen (secondary N) is 1. The summed E-state index contributed by atoms with van der Waals surface area (Å²) in [6.45, 7) is 10.4. The number of amides is 1. The predicted octanol–water partition coefficient (Wildman–Crippen LogP) is 1.55. The van der Waals surface area contributed by atoms with Gasteiger partial charge in [0.15, 0.2) is 0 Å². The number of carbonyl (C=O) groups is 1. The molecule has 1 heterocycles. The van der Waals surface area contributed by atoms with Gasteiger partial charge in [-0.05, 0) is 47.7 Å². The van der Waals surface area contributed by atoms with Crippen LogP contribution < -0.4 is 5.32 Å². The molecule has 1 atom stereocenters. The Kier molecular flexibility index (Phi) is 8.14. The van der Waals surface area contributed by atoms with Crippen molar-refractivity contribution in [2.24, 2.45) is 0 Å². The third-order valence-electron chi connectivity index (χ3n) is 3.44. The summed E-state index contributed by atoms with van der Waals surface area (Å²) in [4.78, 5) is 16.0. The van der Waals surface area contributed by atoms with Gasteiger partial charge in [-0.15, -0.1) is 0 Å². The van der Waals surface area contributed by atoms with Crippen LogP contribution in [0, 0.1) is 0 Å². The molecule has 22 heavy (non-hydrogen) atoms. The second-order valence-electron chi connectivity index (χ2n) is 7.14. The Morgan fingerprint density at radius 3 is 2.68 bits per heavy atom. The lowest BCUT2D eigenvalue weighted by atomic mass is 10.1. The molecule has 0 aliphatic carbocycles. The van der Waals surface area contributed by atoms with Gasteiger partial charge in [0.25, 0.3) is 0 Å². The van der Waals surface area contributed by atoms with Crippen molar-refractivity contribution in [3.8, 4) is 0 Å². The first-order valence-corrected chi connectivity index (χ1v) is 8.22. The average Bonchev–Trinajstić information content (AvgIpc) is 2.41. The first-order chi connectivity index (χ1) is 10.3. The number of hydrogen-bond donors (Lipinski definition) is 1. The summed E-state index contributed by atoms with van der Waals surface area (Å²) in [6, 6.07) is 0.332. The summed E-state index contributed by atoms with van der Waals surface area (Å²) >= 11 is 0. The number of piperidine rings is 1. The highest BCUT2D eigenvalue weighted by atomic mass is 16.6. The van der Waals surface area contributed by atoms with Gasteiger partial charge in [-0.1, -0.05) is 0 Å². The van der Waals surface area contributed by atoms with Crippen LogP contribution in [0.25, 0.3) is 0 Å². The summed E-state index contributed by atoms with van der Waals surface area (Å²) in [5.41, 5.74) is -0.433. The van der Waals surface area contributed by atoms with Crippen LogP contribution in [0.1, 0.15) is 33.6 Å². The van der Waals surface area contributed by atoms with E-state index in [-0.39, 0.29) is 6.09 Å². The van der Waals surface area contributed by atoms with Gasteiger partial charge in [0.2, 0.25) is 0 Å². The molecule has 0 aromatic heterocycles. The van der Waals surface area contributed by atoms with E-state index in [9.17, 15) is 4.79 Å². The first kappa shape index (κ1) is 19.2. The van der Waals surface area contributed by atoms with Gasteiger partial charge in [-0.3, -0.25) is 0 Å². The van der Waals surface area contributed by atoms with E-state index < -0.39 is 5.60 Å². The standard InChI is InChI=1S/C16H33N3O3/c1-16(2,3)22-15(20)19-9-6-7-14(13-19)17-8-11-21-12-10-18(4)5/h14,17H,6-13H2,1-5H3. The van der Waals surface area contributed by atoms with Crippen LogP contribution in [0.4, 0.5) is 4.79 Å². The molecule has 0 spiro atoms. The number of rotatable bonds is 7. The van der Waals surface area contributed by atoms with E-state index in [1.807, 2.05) is 34.9 Å². The maximum atomic E-state index is 12.1. The molecule has 0 aromatic carbocycles. The molecule has 1 aliphatic heterocycles. The van der Waals surface area contributed by atoms with Gasteiger partial charge >= 0.3 is 6.09 Å². The Balaban J connectivity index is 2.19. The maximum Gasteiger partial charge on any atom is 0.410 e. The third-order valence-corrected chi connectivity index (χ3v) is 3.44. The smallest absolute Gasteiger partial charge is 0.410 e. The first-order valence-electron chi connectivity index (χ1n) is 8.22. The minimum absolute atomic E-state index is 0.207. The van der Waals surface area contributed by atoms with E-state index in [1.54, 1.807) is 4.90 Å². The molecule has 1 rings (SSSR count). The Bertz CT molecular complexity index is 329. The van der Waals surface area contributed by atoms with Crippen LogP contribution in [-0.4, -0.2) is 81.0 Å². The zero-order chi connectivity index (χ0) is 16.6. The number of nitrogens with zero attached hydrogens (tertiary/aromatic N) is 2. The number of ether oxygens (including phenoxy) is 2. The Morgan fingerprint density at radius 2 is 2.05 bits per heavy atom. The highest BCUT2D eigenvalue weighted by Gasteiger charge is 2.27. The molecule has 130 valence electrons. The zero-order valence-corrected chi connectivity index (χ0v) is 14.9. The number of likely N-dealkylation sites (N-methyl/N-ethyl adjacent to an activating group) is 1. The molecule has 0 aromatic rings. The van der Waals surface area contributed by atoms with Gasteiger partial charge in [0.1, 0.15) is 5.60 Å². The van der Waals surface area contributed by atoms with Crippen LogP contribution >= 0.6 is 0 Å². The number of likely N-dealkylation sites (tertiary alicyclic amines) is 1. The second-order valence-corrected chi connectivity index (χ2v) is 7.14. The normalized spacial score (nSPS) is 19.5. The molecular formula is C16H33N3O3. The minimum Gasteiger partial charge on any atom is -0.444 e. The van der Waals surface area contributed by atoms with Crippen molar-refractivity contribution in [1.29, 1.82) is 0 Å². The number of hydrogen-bond acceptors (Lipinski definition) is 5. The molecule has 1 N–H and O–H groups in total. The lowest BCUT2D eigenvalue weighted by Gasteiger charge is -2.34. The van der Waals surface area contributed by atoms with E-state index in [0.717, 1.165) is 39.1 Å². The van der Waals surface area contributed by atoms with E-state index in [4.69, 9.17) is 9.47 Å². The minimum atomic E-state index is -0.433. The molecule has 0 radical (unpaired) electrons. The monoisotopic (exact) mass is 315 g/mol. The largest absolute Gasteiger partial charge is 0.444 e. The zero-order valence-electron chi connectivity index (χ0n) is 14.9. The van der Waals surface area contributed by atoms with E-state index in [0.29, 0.717) is 19.2 Å². The lowest BCUT2D eigenvalue weighted by molar-refractivity contribution is 0.0184. The van der Waals surface area contributed by atoms with Gasteiger partial charge in [0, 0.05) is 32.2 Å². The Labute approximate surface area is 135 Å². The fraction of sp³-hybridized carbons (Fsp3) is 0.938. The van der Waals surface area contributed by atoms with Crippen LogP contribution in [-0.2, 0) is 9.47 Å². The molecule has 1 aliphatic rings. The van der Waals surface area contributed by atoms with Crippen molar-refractivity contribution in [1.82, 2.24) is 15.1 Å². The predicted molar refractivity (Wildman–Crippen MR) is 88.2 cm³/mol. The summed E-state index contributed by atoms with van der Waals surface area (Å²) in [7, 11) is 4.07. The van der Waals surface area contributed by atoms with Crippen molar-refractivity contribution >= 4 is 6.09 Å². The van der Waals surface area contributed by atoms with Crippen molar-refractivity contribution in [2.75, 3.05) is 53.5 Å². The lowest BCUT2D eigenvalue weighted by Crippen LogP contribution is -2.49. The fourth-order valence-corrected chi connectivity index (χ4v) is 2.32. The van der Waals surface area contributed by atoms with Crippen LogP contribution in [0.2, 0.25) is 0 Å². The molecule has 1 fully saturated rings. The van der Waals surface area contributed by atoms with Crippen molar-refractivity contribution in [2.45, 2.75) is 45.3 Å². The van der Waals surface area contributed by atoms with Crippen molar-refractivity contribution < 1.29 is 14.3 Å². The molecule has 0 saturated carbocycles. The second kappa shape index (κ2) is 9.33. The molecule has 6 nitrogen and oxygen atoms in total. The van der Waals surface area contributed by atoms with E-state index >= 15 is 0 Å². The van der Waals surface area contributed by atoms with Crippen molar-refractivity contribution in [3.05, 3.63) is 0 Å². The van der Waals surface area contributed by atoms with Gasteiger partial charge in [0.05, 0.1) is 13.2 Å². The molecular weight excluding hydrogens is 282 g/mol. The SMILES string of the molecule is CN(C)CCOCCNC1CCCN(C(=O)OC(C)(C)C)C1. The molecule has 1 amide bonds. The summed E-state index contributed by atoms with van der Waals surface area (Å²) in [6.07, 6.45) is 1.90. The molecule has 6 heteroatoms. The number of carbonyl (C=O) groups excluding carboxylic acids is 1. The summed E-state index contributed by atoms with van der Waals surface area (Å²) < 4.78 is 11.0. The molecule has 0 bridgehead atoms. The van der Waals surface area contributed by atoms with Gasteiger partial charge in [-0.25, -0.2) is 4.79 Å². The van der Waals surface area contributed by atoms with Crippen LogP contribution in [0.15, 0.2) is 0 Å². The Morgan fingerprint density at radius 1 is 1.32 bits per heavy atom. The third kappa shape index (κ3) is 8.56. The fourth-order valence-electron chi connectivity index (χ4n) is 2.32.